The van der Waals surface area contributed by atoms with E-state index in [1.807, 2.05) is 30.3 Å². The molecular weight excluding hydrogens is 408 g/mol. The zero-order valence-electron chi connectivity index (χ0n) is 16.5. The molecule has 0 N–H and O–H groups in total. The lowest BCUT2D eigenvalue weighted by Crippen LogP contribution is -2.15. The Hall–Kier alpha value is -3.53. The van der Waals surface area contributed by atoms with Crippen LogP contribution in [-0.2, 0) is 0 Å². The van der Waals surface area contributed by atoms with Crippen molar-refractivity contribution in [3.05, 3.63) is 30.3 Å². The monoisotopic (exact) mass is 426 g/mol. The Bertz CT molecular complexity index is 1210. The van der Waals surface area contributed by atoms with E-state index in [9.17, 15) is 0 Å². The lowest BCUT2D eigenvalue weighted by molar-refractivity contribution is 0.171. The zero-order valence-corrected chi connectivity index (χ0v) is 17.4. The lowest BCUT2D eigenvalue weighted by Gasteiger charge is -2.18. The van der Waals surface area contributed by atoms with Crippen molar-refractivity contribution < 1.29 is 23.7 Å². The minimum absolute atomic E-state index is 0.514. The van der Waals surface area contributed by atoms with Gasteiger partial charge in [0.15, 0.2) is 28.8 Å². The molecule has 5 rings (SSSR count). The Morgan fingerprint density at radius 3 is 2.30 bits per heavy atom. The summed E-state index contributed by atoms with van der Waals surface area (Å²) in [5.41, 5.74) is 1.67. The molecule has 0 unspecified atom stereocenters. The predicted molar refractivity (Wildman–Crippen MR) is 110 cm³/mol. The first-order valence-corrected chi connectivity index (χ1v) is 9.96. The van der Waals surface area contributed by atoms with Crippen molar-refractivity contribution in [2.45, 2.75) is 0 Å². The quantitative estimate of drug-likeness (QED) is 0.480. The number of hydrogen-bond donors (Lipinski definition) is 0. The number of hydrogen-bond acceptors (Lipinski definition) is 9. The van der Waals surface area contributed by atoms with Crippen LogP contribution >= 0.6 is 11.3 Å². The highest BCUT2D eigenvalue weighted by atomic mass is 32.1. The average molecular weight is 426 g/mol. The van der Waals surface area contributed by atoms with Crippen molar-refractivity contribution in [3.8, 4) is 50.7 Å². The molecule has 0 radical (unpaired) electrons. The third kappa shape index (κ3) is 2.96. The maximum atomic E-state index is 5.68. The summed E-state index contributed by atoms with van der Waals surface area (Å²) < 4.78 is 29.3. The van der Waals surface area contributed by atoms with Gasteiger partial charge in [0, 0.05) is 11.1 Å². The van der Waals surface area contributed by atoms with Crippen molar-refractivity contribution in [1.29, 1.82) is 0 Å². The van der Waals surface area contributed by atoms with Gasteiger partial charge in [0.05, 0.1) is 21.3 Å². The maximum absolute atomic E-state index is 5.68. The topological polar surface area (TPSA) is 89.2 Å². The molecule has 0 saturated heterocycles. The van der Waals surface area contributed by atoms with Gasteiger partial charge in [0.25, 0.3) is 0 Å². The van der Waals surface area contributed by atoms with Crippen molar-refractivity contribution in [2.24, 2.45) is 0 Å². The fraction of sp³-hybridized carbons (Fsp3) is 0.250. The minimum atomic E-state index is 0.514. The number of benzene rings is 2. The molecule has 0 amide bonds. The highest BCUT2D eigenvalue weighted by molar-refractivity contribution is 7.19. The van der Waals surface area contributed by atoms with E-state index < -0.39 is 0 Å². The smallest absolute Gasteiger partial charge is 0.235 e. The van der Waals surface area contributed by atoms with E-state index in [0.29, 0.717) is 41.2 Å². The number of nitrogens with zero attached hydrogens (tertiary/aromatic N) is 4. The first-order valence-electron chi connectivity index (χ1n) is 9.14. The Kier molecular flexibility index (Phi) is 4.55. The van der Waals surface area contributed by atoms with Crippen molar-refractivity contribution in [3.63, 3.8) is 0 Å². The van der Waals surface area contributed by atoms with Crippen LogP contribution in [0.5, 0.6) is 28.7 Å². The second-order valence-electron chi connectivity index (χ2n) is 6.40. The minimum Gasteiger partial charge on any atom is -0.493 e. The SMILES string of the molecule is COc1cc(-c2nnc3sc(-c4ccc5c(c4)OCCO5)nn23)cc(OC)c1OC. The highest BCUT2D eigenvalue weighted by Crippen LogP contribution is 2.41. The molecule has 0 saturated carbocycles. The molecule has 0 spiro atoms. The van der Waals surface area contributed by atoms with E-state index in [1.54, 1.807) is 25.8 Å². The molecular formula is C20H18N4O5S. The van der Waals surface area contributed by atoms with Gasteiger partial charge in [0.1, 0.15) is 18.2 Å². The molecule has 2 aromatic carbocycles. The van der Waals surface area contributed by atoms with Crippen LogP contribution in [-0.4, -0.2) is 54.4 Å². The Labute approximate surface area is 175 Å². The van der Waals surface area contributed by atoms with Gasteiger partial charge in [-0.15, -0.1) is 10.2 Å². The Balaban J connectivity index is 1.59. The summed E-state index contributed by atoms with van der Waals surface area (Å²) >= 11 is 1.44. The van der Waals surface area contributed by atoms with Gasteiger partial charge in [-0.2, -0.15) is 9.61 Å². The molecule has 10 heteroatoms. The summed E-state index contributed by atoms with van der Waals surface area (Å²) in [7, 11) is 4.71. The van der Waals surface area contributed by atoms with Gasteiger partial charge in [0.2, 0.25) is 10.7 Å². The molecule has 0 fully saturated rings. The number of ether oxygens (including phenoxy) is 5. The van der Waals surface area contributed by atoms with Crippen molar-refractivity contribution >= 4 is 16.3 Å². The second kappa shape index (κ2) is 7.38. The summed E-state index contributed by atoms with van der Waals surface area (Å²) in [5, 5.41) is 14.1. The van der Waals surface area contributed by atoms with E-state index in [2.05, 4.69) is 10.2 Å². The fourth-order valence-electron chi connectivity index (χ4n) is 3.30. The summed E-state index contributed by atoms with van der Waals surface area (Å²) in [5.74, 6) is 3.61. The van der Waals surface area contributed by atoms with Crippen LogP contribution in [0, 0.1) is 0 Å². The molecule has 1 aliphatic rings. The van der Waals surface area contributed by atoms with Crippen LogP contribution in [0.1, 0.15) is 0 Å². The van der Waals surface area contributed by atoms with Crippen LogP contribution in [0.25, 0.3) is 26.9 Å². The summed E-state index contributed by atoms with van der Waals surface area (Å²) in [6, 6.07) is 9.42. The van der Waals surface area contributed by atoms with Gasteiger partial charge in [-0.3, -0.25) is 0 Å². The molecule has 0 bridgehead atoms. The van der Waals surface area contributed by atoms with Gasteiger partial charge >= 0.3 is 0 Å². The van der Waals surface area contributed by atoms with Gasteiger partial charge < -0.3 is 23.7 Å². The van der Waals surface area contributed by atoms with E-state index in [0.717, 1.165) is 27.6 Å². The molecule has 154 valence electrons. The van der Waals surface area contributed by atoms with E-state index in [4.69, 9.17) is 28.8 Å². The van der Waals surface area contributed by atoms with E-state index in [-0.39, 0.29) is 0 Å². The predicted octanol–water partition coefficient (Wildman–Crippen LogP) is 3.32. The average Bonchev–Trinajstić information content (AvgIpc) is 3.38. The van der Waals surface area contributed by atoms with Crippen LogP contribution in [0.3, 0.4) is 0 Å². The third-order valence-electron chi connectivity index (χ3n) is 4.70. The van der Waals surface area contributed by atoms with Gasteiger partial charge in [-0.1, -0.05) is 11.3 Å². The first-order chi connectivity index (χ1) is 14.7. The number of rotatable bonds is 5. The molecule has 9 nitrogen and oxygen atoms in total. The third-order valence-corrected chi connectivity index (χ3v) is 5.65. The van der Waals surface area contributed by atoms with Crippen LogP contribution in [0.2, 0.25) is 0 Å². The Morgan fingerprint density at radius 1 is 0.867 bits per heavy atom. The Morgan fingerprint density at radius 2 is 1.60 bits per heavy atom. The largest absolute Gasteiger partial charge is 0.493 e. The van der Waals surface area contributed by atoms with Gasteiger partial charge in [-0.25, -0.2) is 0 Å². The number of fused-ring (bicyclic) bond motifs is 2. The van der Waals surface area contributed by atoms with Crippen molar-refractivity contribution in [1.82, 2.24) is 19.8 Å². The second-order valence-corrected chi connectivity index (χ2v) is 7.35. The molecule has 30 heavy (non-hydrogen) atoms. The van der Waals surface area contributed by atoms with Crippen LogP contribution in [0.4, 0.5) is 0 Å². The molecule has 0 aliphatic carbocycles. The number of aromatic nitrogens is 4. The summed E-state index contributed by atoms with van der Waals surface area (Å²) in [6.07, 6.45) is 0. The molecule has 3 heterocycles. The van der Waals surface area contributed by atoms with Crippen molar-refractivity contribution in [2.75, 3.05) is 34.5 Å². The molecule has 4 aromatic rings. The fourth-order valence-corrected chi connectivity index (χ4v) is 4.14. The maximum Gasteiger partial charge on any atom is 0.235 e. The molecule has 2 aromatic heterocycles. The molecule has 1 aliphatic heterocycles. The summed E-state index contributed by atoms with van der Waals surface area (Å²) in [4.78, 5) is 0.670. The molecule has 0 atom stereocenters. The van der Waals surface area contributed by atoms with E-state index in [1.165, 1.54) is 11.3 Å². The zero-order chi connectivity index (χ0) is 20.7. The summed E-state index contributed by atoms with van der Waals surface area (Å²) in [6.45, 7) is 1.09. The number of methoxy groups -OCH3 is 3. The highest BCUT2D eigenvalue weighted by Gasteiger charge is 2.20. The standard InChI is InChI=1S/C20H18N4O5S/c1-25-15-9-12(10-16(26-2)17(15)27-3)18-21-22-20-24(18)23-19(30-20)11-4-5-13-14(8-11)29-7-6-28-13/h4-5,8-10H,6-7H2,1-3H3. The van der Waals surface area contributed by atoms with Gasteiger partial charge in [-0.05, 0) is 30.3 Å². The normalized spacial score (nSPS) is 12.8. The van der Waals surface area contributed by atoms with E-state index >= 15 is 0 Å². The first kappa shape index (κ1) is 18.5. The van der Waals surface area contributed by atoms with Crippen LogP contribution < -0.4 is 23.7 Å². The van der Waals surface area contributed by atoms with Crippen LogP contribution in [0.15, 0.2) is 30.3 Å². The lowest BCUT2D eigenvalue weighted by atomic mass is 10.1.